The van der Waals surface area contributed by atoms with Crippen molar-refractivity contribution < 1.29 is 13.6 Å². The minimum Gasteiger partial charge on any atom is -0.321 e. The van der Waals surface area contributed by atoms with Crippen molar-refractivity contribution in [3.63, 3.8) is 0 Å². The van der Waals surface area contributed by atoms with Gasteiger partial charge in [-0.05, 0) is 51.9 Å². The second-order valence-corrected chi connectivity index (χ2v) is 10.3. The molecular weight excluding hydrogens is 575 g/mol. The number of amides is 1. The first-order valence-electron chi connectivity index (χ1n) is 12.4. The summed E-state index contributed by atoms with van der Waals surface area (Å²) >= 11 is 12.2. The Morgan fingerprint density at radius 3 is 2.34 bits per heavy atom. The van der Waals surface area contributed by atoms with Crippen LogP contribution in [0.5, 0.6) is 0 Å². The molecule has 0 saturated carbocycles. The van der Waals surface area contributed by atoms with Crippen molar-refractivity contribution in [2.45, 2.75) is 24.9 Å². The van der Waals surface area contributed by atoms with E-state index in [1.54, 1.807) is 60.7 Å². The summed E-state index contributed by atoms with van der Waals surface area (Å²) in [4.78, 5) is 29.8. The summed E-state index contributed by atoms with van der Waals surface area (Å²) in [5.41, 5.74) is 2.19. The molecule has 1 unspecified atom stereocenters. The van der Waals surface area contributed by atoms with Crippen molar-refractivity contribution in [2.24, 2.45) is 5.10 Å². The lowest BCUT2D eigenvalue weighted by atomic mass is 9.91. The molecule has 5 aromatic rings. The molecule has 0 spiro atoms. The third kappa shape index (κ3) is 5.09. The van der Waals surface area contributed by atoms with Gasteiger partial charge in [0, 0.05) is 32.9 Å². The number of fused-ring (bicyclic) bond motifs is 1. The highest BCUT2D eigenvalue weighted by Crippen LogP contribution is 2.39. The number of aromatic nitrogens is 5. The number of nitrogens with zero attached hydrogens (tertiary/aromatic N) is 6. The highest BCUT2D eigenvalue weighted by atomic mass is 35.5. The largest absolute Gasteiger partial charge is 0.345 e. The summed E-state index contributed by atoms with van der Waals surface area (Å²) in [6, 6.07) is 19.7. The Morgan fingerprint density at radius 1 is 0.976 bits per heavy atom. The molecule has 1 atom stereocenters. The van der Waals surface area contributed by atoms with E-state index in [1.165, 1.54) is 0 Å². The van der Waals surface area contributed by atoms with Crippen LogP contribution in [-0.2, 0) is 11.3 Å². The number of hydrogen-bond acceptors (Lipinski definition) is 6. The summed E-state index contributed by atoms with van der Waals surface area (Å²) in [5, 5.41) is 16.9. The van der Waals surface area contributed by atoms with E-state index < -0.39 is 30.0 Å². The molecule has 1 N–H and O–H groups in total. The predicted octanol–water partition coefficient (Wildman–Crippen LogP) is 5.50. The number of halogens is 4. The first-order chi connectivity index (χ1) is 19.7. The first kappa shape index (κ1) is 26.7. The highest BCUT2D eigenvalue weighted by Gasteiger charge is 2.48. The number of hydrogen-bond donors (Lipinski definition) is 1. The molecule has 9 nitrogen and oxygen atoms in total. The molecule has 41 heavy (non-hydrogen) atoms. The monoisotopic (exact) mass is 593 g/mol. The molecule has 0 fully saturated rings. The molecule has 6 rings (SSSR count). The number of tetrazole rings is 1. The van der Waals surface area contributed by atoms with Crippen LogP contribution < -0.4 is 5.56 Å². The van der Waals surface area contributed by atoms with Crippen LogP contribution in [0.3, 0.4) is 0 Å². The van der Waals surface area contributed by atoms with Gasteiger partial charge in [0.25, 0.3) is 5.56 Å². The molecule has 0 aliphatic carbocycles. The normalized spacial score (nSPS) is 15.4. The van der Waals surface area contributed by atoms with Crippen molar-refractivity contribution in [1.82, 2.24) is 30.2 Å². The number of rotatable bonds is 6. The van der Waals surface area contributed by atoms with Gasteiger partial charge in [0.05, 0.1) is 17.3 Å². The molecule has 3 heterocycles. The lowest BCUT2D eigenvalue weighted by Gasteiger charge is -2.26. The maximum atomic E-state index is 15.3. The first-order valence-corrected chi connectivity index (χ1v) is 13.1. The summed E-state index contributed by atoms with van der Waals surface area (Å²) in [6.07, 6.45) is 0.986. The van der Waals surface area contributed by atoms with Gasteiger partial charge in [0.15, 0.2) is 0 Å². The minimum atomic E-state index is -3.91. The maximum absolute atomic E-state index is 15.3. The van der Waals surface area contributed by atoms with Gasteiger partial charge in [-0.1, -0.05) is 65.7 Å². The fourth-order valence-corrected chi connectivity index (χ4v) is 5.17. The van der Waals surface area contributed by atoms with Crippen molar-refractivity contribution in [3.05, 3.63) is 111 Å². The molecule has 1 aliphatic rings. The quantitative estimate of drug-likeness (QED) is 0.279. The molecule has 1 amide bonds. The molecule has 0 bridgehead atoms. The summed E-state index contributed by atoms with van der Waals surface area (Å²) < 4.78 is 31.4. The molecule has 13 heteroatoms. The number of pyridine rings is 1. The number of H-pyrrole nitrogens is 1. The zero-order valence-corrected chi connectivity index (χ0v) is 22.5. The molecular formula is C28H19Cl2F2N7O2. The number of nitrogens with one attached hydrogen (secondary N) is 1. The standard InChI is InChI=1S/C28H19Cl2F2N7O2/c29-18-9-5-16(6-10-18)23-13-22(35-39(23)27(41)28(31,32)14-38-15-33-36-37-38)25-24(17-7-11-19(30)12-8-17)20-3-1-2-4-21(20)34-26(25)40/h1-12,15,23H,13-14H2,(H,34,40). The number of alkyl halides is 2. The Morgan fingerprint density at radius 2 is 1.66 bits per heavy atom. The molecule has 1 aliphatic heterocycles. The van der Waals surface area contributed by atoms with E-state index in [4.69, 9.17) is 23.2 Å². The second-order valence-electron chi connectivity index (χ2n) is 9.44. The van der Waals surface area contributed by atoms with Gasteiger partial charge in [0.2, 0.25) is 0 Å². The lowest BCUT2D eigenvalue weighted by Crippen LogP contribution is -2.44. The Hall–Kier alpha value is -4.48. The highest BCUT2D eigenvalue weighted by molar-refractivity contribution is 6.31. The van der Waals surface area contributed by atoms with Gasteiger partial charge in [-0.2, -0.15) is 13.9 Å². The van der Waals surface area contributed by atoms with E-state index in [9.17, 15) is 9.59 Å². The van der Waals surface area contributed by atoms with Gasteiger partial charge in [-0.3, -0.25) is 9.59 Å². The third-order valence-electron chi connectivity index (χ3n) is 6.78. The van der Waals surface area contributed by atoms with Crippen molar-refractivity contribution in [2.75, 3.05) is 0 Å². The molecule has 3 aromatic carbocycles. The van der Waals surface area contributed by atoms with Crippen molar-refractivity contribution >= 4 is 45.7 Å². The number of para-hydroxylation sites is 1. The van der Waals surface area contributed by atoms with E-state index in [2.05, 4.69) is 25.6 Å². The maximum Gasteiger partial charge on any atom is 0.345 e. The van der Waals surface area contributed by atoms with E-state index in [-0.39, 0.29) is 17.7 Å². The lowest BCUT2D eigenvalue weighted by molar-refractivity contribution is -0.161. The number of hydrazone groups is 1. The smallest absolute Gasteiger partial charge is 0.321 e. The molecule has 206 valence electrons. The fourth-order valence-electron chi connectivity index (χ4n) is 4.92. The Kier molecular flexibility index (Phi) is 6.84. The van der Waals surface area contributed by atoms with Crippen LogP contribution in [0.1, 0.15) is 23.6 Å². The fraction of sp³-hybridized carbons (Fsp3) is 0.143. The topological polar surface area (TPSA) is 109 Å². The van der Waals surface area contributed by atoms with Gasteiger partial charge in [-0.25, -0.2) is 9.69 Å². The van der Waals surface area contributed by atoms with Crippen molar-refractivity contribution in [1.29, 1.82) is 0 Å². The van der Waals surface area contributed by atoms with Crippen LogP contribution in [0.2, 0.25) is 10.0 Å². The molecule has 2 aromatic heterocycles. The number of carbonyl (C=O) groups is 1. The third-order valence-corrected chi connectivity index (χ3v) is 7.29. The SMILES string of the molecule is O=C(N1N=C(c2c(-c3ccc(Cl)cc3)c3ccccc3[nH]c2=O)CC1c1ccc(Cl)cc1)C(F)(F)Cn1cnnn1. The van der Waals surface area contributed by atoms with Crippen LogP contribution >= 0.6 is 23.2 Å². The average molecular weight is 594 g/mol. The number of aromatic amines is 1. The van der Waals surface area contributed by atoms with E-state index >= 15 is 8.78 Å². The van der Waals surface area contributed by atoms with Gasteiger partial charge in [-0.15, -0.1) is 5.10 Å². The number of benzene rings is 3. The average Bonchev–Trinajstić information content (AvgIpc) is 3.63. The second kappa shape index (κ2) is 10.5. The summed E-state index contributed by atoms with van der Waals surface area (Å²) in [6.45, 7) is -1.08. The van der Waals surface area contributed by atoms with E-state index in [0.717, 1.165) is 16.0 Å². The van der Waals surface area contributed by atoms with Crippen molar-refractivity contribution in [3.8, 4) is 11.1 Å². The van der Waals surface area contributed by atoms with Crippen LogP contribution in [0.15, 0.2) is 89.0 Å². The Balaban J connectivity index is 1.52. The van der Waals surface area contributed by atoms with Gasteiger partial charge in [0.1, 0.15) is 12.9 Å². The molecule has 0 saturated heterocycles. The Bertz CT molecular complexity index is 1840. The summed E-state index contributed by atoms with van der Waals surface area (Å²) in [5.74, 6) is -5.47. The van der Waals surface area contributed by atoms with Gasteiger partial charge >= 0.3 is 11.8 Å². The van der Waals surface area contributed by atoms with Crippen LogP contribution in [0.25, 0.3) is 22.0 Å². The zero-order chi connectivity index (χ0) is 28.7. The number of carbonyl (C=O) groups excluding carboxylic acids is 1. The minimum absolute atomic E-state index is 0.00363. The van der Waals surface area contributed by atoms with Crippen LogP contribution in [0.4, 0.5) is 8.78 Å². The zero-order valence-electron chi connectivity index (χ0n) is 21.0. The predicted molar refractivity (Wildman–Crippen MR) is 150 cm³/mol. The van der Waals surface area contributed by atoms with Gasteiger partial charge < -0.3 is 4.98 Å². The molecule has 0 radical (unpaired) electrons. The van der Waals surface area contributed by atoms with Crippen LogP contribution in [0, 0.1) is 0 Å². The summed E-state index contributed by atoms with van der Waals surface area (Å²) in [7, 11) is 0. The van der Waals surface area contributed by atoms with E-state index in [0.29, 0.717) is 37.6 Å². The van der Waals surface area contributed by atoms with E-state index in [1.807, 2.05) is 12.1 Å². The Labute approximate surface area is 241 Å². The van der Waals surface area contributed by atoms with Crippen LogP contribution in [-0.4, -0.2) is 47.7 Å².